The second kappa shape index (κ2) is 5.96. The normalized spacial score (nSPS) is 45.0. The van der Waals surface area contributed by atoms with E-state index in [4.69, 9.17) is 9.47 Å². The fourth-order valence-corrected chi connectivity index (χ4v) is 8.70. The first kappa shape index (κ1) is 19.0. The summed E-state index contributed by atoms with van der Waals surface area (Å²) in [5.41, 5.74) is 1.04. The molecule has 3 fully saturated rings. The van der Waals surface area contributed by atoms with E-state index in [1.165, 1.54) is 5.57 Å². The molecule has 0 bridgehead atoms. The number of ketones is 1. The molecule has 1 heterocycles. The van der Waals surface area contributed by atoms with Gasteiger partial charge in [0, 0.05) is 17.3 Å². The highest BCUT2D eigenvalue weighted by Gasteiger charge is 2.67. The molecule has 3 unspecified atom stereocenters. The SMILES string of the molecule is CC12C=C(C#N)C(=O)C3(CC=CC3)C1=CCC1[C@@H]2CCC2(C)[C@H]1CCC21OCCO1. The van der Waals surface area contributed by atoms with Crippen molar-refractivity contribution in [1.29, 1.82) is 5.26 Å². The minimum Gasteiger partial charge on any atom is -0.347 e. The third-order valence-corrected chi connectivity index (χ3v) is 10.0. The number of carbonyl (C=O) groups is 1. The average molecular weight is 406 g/mol. The highest BCUT2D eigenvalue weighted by Crippen LogP contribution is 2.70. The molecule has 1 aliphatic heterocycles. The van der Waals surface area contributed by atoms with E-state index in [2.05, 4.69) is 44.2 Å². The Morgan fingerprint density at radius 2 is 1.77 bits per heavy atom. The lowest BCUT2D eigenvalue weighted by Gasteiger charge is -2.59. The largest absolute Gasteiger partial charge is 0.347 e. The molecule has 0 amide bonds. The molecule has 158 valence electrons. The van der Waals surface area contributed by atoms with Crippen LogP contribution in [0.3, 0.4) is 0 Å². The van der Waals surface area contributed by atoms with Crippen molar-refractivity contribution in [3.8, 4) is 6.07 Å². The van der Waals surface area contributed by atoms with E-state index in [-0.39, 0.29) is 22.4 Å². The molecule has 30 heavy (non-hydrogen) atoms. The van der Waals surface area contributed by atoms with Crippen LogP contribution in [0.4, 0.5) is 0 Å². The minimum atomic E-state index is -0.505. The topological polar surface area (TPSA) is 59.3 Å². The number of rotatable bonds is 0. The van der Waals surface area contributed by atoms with Gasteiger partial charge in [0.15, 0.2) is 11.6 Å². The molecule has 4 nitrogen and oxygen atoms in total. The van der Waals surface area contributed by atoms with Crippen LogP contribution < -0.4 is 0 Å². The third kappa shape index (κ3) is 2.02. The van der Waals surface area contributed by atoms with Gasteiger partial charge in [-0.3, -0.25) is 4.79 Å². The van der Waals surface area contributed by atoms with E-state index in [1.54, 1.807) is 0 Å². The summed E-state index contributed by atoms with van der Waals surface area (Å²) in [6.07, 6.45) is 15.6. The van der Waals surface area contributed by atoms with Crippen molar-refractivity contribution in [1.82, 2.24) is 0 Å². The number of hydrogen-bond acceptors (Lipinski definition) is 4. The molecular weight excluding hydrogens is 374 g/mol. The first-order chi connectivity index (χ1) is 14.4. The molecule has 1 saturated heterocycles. The summed E-state index contributed by atoms with van der Waals surface area (Å²) in [7, 11) is 0. The van der Waals surface area contributed by atoms with Gasteiger partial charge in [-0.15, -0.1) is 0 Å². The van der Waals surface area contributed by atoms with Crippen LogP contribution >= 0.6 is 0 Å². The van der Waals surface area contributed by atoms with E-state index in [0.717, 1.165) is 44.9 Å². The zero-order chi connectivity index (χ0) is 20.8. The summed E-state index contributed by atoms with van der Waals surface area (Å²) in [6.45, 7) is 6.14. The maximum Gasteiger partial charge on any atom is 0.183 e. The van der Waals surface area contributed by atoms with Crippen LogP contribution in [0.2, 0.25) is 0 Å². The Morgan fingerprint density at radius 1 is 1.07 bits per heavy atom. The standard InChI is InChI=1S/C26H31NO3/c1-23-15-17(16-27)22(28)25(9-3-4-10-25)21(23)6-5-18-19(23)7-11-24(2)20(18)8-12-26(24)29-13-14-30-26/h3-4,6,15,18-20H,5,7-14H2,1-2H3/t18?,19-,20-,23?,24?/m0/s1. The summed E-state index contributed by atoms with van der Waals surface area (Å²) < 4.78 is 12.5. The number of ether oxygens (including phenoxy) is 2. The Kier molecular flexibility index (Phi) is 3.78. The van der Waals surface area contributed by atoms with Gasteiger partial charge in [0.05, 0.1) is 24.2 Å². The smallest absolute Gasteiger partial charge is 0.183 e. The quantitative estimate of drug-likeness (QED) is 0.539. The van der Waals surface area contributed by atoms with Gasteiger partial charge in [-0.25, -0.2) is 0 Å². The fraction of sp³-hybridized carbons (Fsp3) is 0.692. The first-order valence-electron chi connectivity index (χ1n) is 11.7. The molecule has 0 aromatic rings. The van der Waals surface area contributed by atoms with Gasteiger partial charge in [0.2, 0.25) is 0 Å². The predicted octanol–water partition coefficient (Wildman–Crippen LogP) is 4.88. The lowest BCUT2D eigenvalue weighted by molar-refractivity contribution is -0.241. The van der Waals surface area contributed by atoms with Gasteiger partial charge < -0.3 is 9.47 Å². The predicted molar refractivity (Wildman–Crippen MR) is 112 cm³/mol. The third-order valence-electron chi connectivity index (χ3n) is 10.0. The number of fused-ring (bicyclic) bond motifs is 7. The van der Waals surface area contributed by atoms with Gasteiger partial charge in [0.1, 0.15) is 6.07 Å². The Bertz CT molecular complexity index is 938. The number of nitrogens with zero attached hydrogens (tertiary/aromatic N) is 1. The summed E-state index contributed by atoms with van der Waals surface area (Å²) in [5, 5.41) is 9.82. The zero-order valence-electron chi connectivity index (χ0n) is 18.1. The van der Waals surface area contributed by atoms with Gasteiger partial charge in [-0.05, 0) is 61.9 Å². The molecule has 5 aliphatic carbocycles. The van der Waals surface area contributed by atoms with Crippen molar-refractivity contribution in [3.63, 3.8) is 0 Å². The number of hydrogen-bond donors (Lipinski definition) is 0. The lowest BCUT2D eigenvalue weighted by atomic mass is 9.45. The van der Waals surface area contributed by atoms with E-state index in [0.29, 0.717) is 36.5 Å². The molecule has 0 aromatic heterocycles. The number of carbonyl (C=O) groups excluding carboxylic acids is 1. The molecule has 4 heteroatoms. The van der Waals surface area contributed by atoms with E-state index < -0.39 is 5.41 Å². The Labute approximate surface area is 179 Å². The Hall–Kier alpha value is -1.70. The minimum absolute atomic E-state index is 0.0467. The number of nitriles is 1. The maximum atomic E-state index is 13.3. The Morgan fingerprint density at radius 3 is 2.47 bits per heavy atom. The van der Waals surface area contributed by atoms with Crippen molar-refractivity contribution in [2.24, 2.45) is 34.0 Å². The maximum absolute atomic E-state index is 13.3. The monoisotopic (exact) mass is 405 g/mol. The second-order valence-electron chi connectivity index (χ2n) is 10.9. The lowest BCUT2D eigenvalue weighted by Crippen LogP contribution is -2.56. The van der Waals surface area contributed by atoms with Crippen molar-refractivity contribution in [3.05, 3.63) is 35.5 Å². The molecule has 0 radical (unpaired) electrons. The van der Waals surface area contributed by atoms with Crippen LogP contribution in [0.1, 0.15) is 58.8 Å². The summed E-state index contributed by atoms with van der Waals surface area (Å²) >= 11 is 0. The average Bonchev–Trinajstić information content (AvgIpc) is 3.47. The summed E-state index contributed by atoms with van der Waals surface area (Å²) in [6, 6.07) is 2.27. The van der Waals surface area contributed by atoms with Gasteiger partial charge in [0.25, 0.3) is 0 Å². The van der Waals surface area contributed by atoms with Crippen LogP contribution in [0.5, 0.6) is 0 Å². The van der Waals surface area contributed by atoms with E-state index >= 15 is 0 Å². The van der Waals surface area contributed by atoms with Crippen LogP contribution in [0.15, 0.2) is 35.5 Å². The molecule has 6 rings (SSSR count). The van der Waals surface area contributed by atoms with Gasteiger partial charge in [-0.2, -0.15) is 5.26 Å². The van der Waals surface area contributed by atoms with Crippen LogP contribution in [-0.4, -0.2) is 24.8 Å². The van der Waals surface area contributed by atoms with Crippen LogP contribution in [-0.2, 0) is 14.3 Å². The molecule has 6 aliphatic rings. The van der Waals surface area contributed by atoms with Crippen molar-refractivity contribution in [2.45, 2.75) is 64.6 Å². The Balaban J connectivity index is 1.44. The van der Waals surface area contributed by atoms with E-state index in [9.17, 15) is 10.1 Å². The highest BCUT2D eigenvalue weighted by molar-refractivity contribution is 6.07. The molecule has 0 N–H and O–H groups in total. The fourth-order valence-electron chi connectivity index (χ4n) is 8.70. The van der Waals surface area contributed by atoms with Gasteiger partial charge >= 0.3 is 0 Å². The molecule has 2 saturated carbocycles. The molecular formula is C26H31NO3. The highest BCUT2D eigenvalue weighted by atomic mass is 16.7. The van der Waals surface area contributed by atoms with Crippen LogP contribution in [0.25, 0.3) is 0 Å². The molecule has 0 aromatic carbocycles. The van der Waals surface area contributed by atoms with Crippen LogP contribution in [0, 0.1) is 45.3 Å². The molecule has 5 atom stereocenters. The van der Waals surface area contributed by atoms with Gasteiger partial charge in [-0.1, -0.05) is 38.2 Å². The van der Waals surface area contributed by atoms with Crippen molar-refractivity contribution >= 4 is 5.78 Å². The summed E-state index contributed by atoms with van der Waals surface area (Å²) in [4.78, 5) is 13.3. The summed E-state index contributed by atoms with van der Waals surface area (Å²) in [5.74, 6) is 1.26. The zero-order valence-corrected chi connectivity index (χ0v) is 18.1. The molecule has 2 spiro atoms. The second-order valence-corrected chi connectivity index (χ2v) is 10.9. The van der Waals surface area contributed by atoms with E-state index in [1.807, 2.05) is 0 Å². The number of allylic oxidation sites excluding steroid dienone is 6. The number of Topliss-reactive ketones (excluding diaryl/α,β-unsaturated/α-hetero) is 1. The van der Waals surface area contributed by atoms with Crippen molar-refractivity contribution < 1.29 is 14.3 Å². The first-order valence-corrected chi connectivity index (χ1v) is 11.7. The van der Waals surface area contributed by atoms with Crippen molar-refractivity contribution in [2.75, 3.05) is 13.2 Å².